The van der Waals surface area contributed by atoms with Gasteiger partial charge in [-0.1, -0.05) is 0 Å². The fourth-order valence-electron chi connectivity index (χ4n) is 4.19. The number of nitrogens with zero attached hydrogens (tertiary/aromatic N) is 3. The van der Waals surface area contributed by atoms with Crippen molar-refractivity contribution in [2.24, 2.45) is 0 Å². The first kappa shape index (κ1) is 18.4. The molecule has 0 unspecified atom stereocenters. The lowest BCUT2D eigenvalue weighted by Crippen LogP contribution is -2.47. The van der Waals surface area contributed by atoms with Gasteiger partial charge in [0.05, 0.1) is 18.6 Å². The number of amidine groups is 1. The topological polar surface area (TPSA) is 78.8 Å². The van der Waals surface area contributed by atoms with Crippen molar-refractivity contribution in [3.8, 4) is 5.75 Å². The van der Waals surface area contributed by atoms with Crippen molar-refractivity contribution < 1.29 is 19.3 Å². The molecule has 146 valence electrons. The van der Waals surface area contributed by atoms with Gasteiger partial charge in [0.2, 0.25) is 0 Å². The Labute approximate surface area is 163 Å². The molecule has 0 fully saturated rings. The van der Waals surface area contributed by atoms with Gasteiger partial charge in [-0.2, -0.15) is 4.90 Å². The van der Waals surface area contributed by atoms with Gasteiger partial charge in [0.15, 0.2) is 6.54 Å². The van der Waals surface area contributed by atoms with Crippen molar-refractivity contribution in [2.45, 2.75) is 31.4 Å². The smallest absolute Gasteiger partial charge is 0.275 e. The molecule has 7 nitrogen and oxygen atoms in total. The minimum atomic E-state index is -1.28. The third kappa shape index (κ3) is 3.11. The van der Waals surface area contributed by atoms with E-state index >= 15 is 0 Å². The lowest BCUT2D eigenvalue weighted by atomic mass is 9.99. The maximum Gasteiger partial charge on any atom is 0.275 e. The van der Waals surface area contributed by atoms with Gasteiger partial charge in [-0.15, -0.1) is 0 Å². The lowest BCUT2D eigenvalue weighted by molar-refractivity contribution is -0.534. The Morgan fingerprint density at radius 2 is 1.82 bits per heavy atom. The number of benzene rings is 2. The van der Waals surface area contributed by atoms with Crippen LogP contribution in [-0.4, -0.2) is 40.6 Å². The van der Waals surface area contributed by atoms with Gasteiger partial charge in [-0.25, -0.2) is 0 Å². The van der Waals surface area contributed by atoms with E-state index in [-0.39, 0.29) is 5.69 Å². The first-order valence-corrected chi connectivity index (χ1v) is 9.55. The highest BCUT2D eigenvalue weighted by molar-refractivity contribution is 5.97. The Kier molecular flexibility index (Phi) is 4.77. The molecular formula is C21H24N3O4+. The summed E-state index contributed by atoms with van der Waals surface area (Å²) in [6.45, 7) is 1.34. The van der Waals surface area contributed by atoms with Gasteiger partial charge in [0.1, 0.15) is 11.4 Å². The second kappa shape index (κ2) is 7.24. The lowest BCUT2D eigenvalue weighted by Gasteiger charge is -2.29. The summed E-state index contributed by atoms with van der Waals surface area (Å²) >= 11 is 0. The number of nitro benzene ring substituents is 1. The molecule has 2 heterocycles. The maximum absolute atomic E-state index is 11.8. The molecule has 2 aliphatic rings. The second-order valence-corrected chi connectivity index (χ2v) is 7.30. The second-order valence-electron chi connectivity index (χ2n) is 7.30. The van der Waals surface area contributed by atoms with Crippen LogP contribution in [0.5, 0.6) is 5.75 Å². The largest absolute Gasteiger partial charge is 0.497 e. The maximum atomic E-state index is 11.8. The molecular weight excluding hydrogens is 358 g/mol. The van der Waals surface area contributed by atoms with Crippen LogP contribution < -0.4 is 9.64 Å². The summed E-state index contributed by atoms with van der Waals surface area (Å²) in [5, 5.41) is 22.8. The van der Waals surface area contributed by atoms with E-state index in [1.54, 1.807) is 19.2 Å². The average molecular weight is 382 g/mol. The van der Waals surface area contributed by atoms with Gasteiger partial charge < -0.3 is 9.84 Å². The molecule has 4 rings (SSSR count). The van der Waals surface area contributed by atoms with Crippen molar-refractivity contribution in [1.29, 1.82) is 0 Å². The van der Waals surface area contributed by atoms with Crippen LogP contribution >= 0.6 is 0 Å². The fourth-order valence-corrected chi connectivity index (χ4v) is 4.19. The first-order valence-electron chi connectivity index (χ1n) is 9.55. The SMILES string of the molecule is COc1ccc(N2C3=[N+](CCCCC3)C[C@@]2(O)c2ccc([N+](=O)[O-])cc2)cc1. The predicted octanol–water partition coefficient (Wildman–Crippen LogP) is 3.25. The summed E-state index contributed by atoms with van der Waals surface area (Å²) in [4.78, 5) is 12.6. The molecule has 0 aliphatic carbocycles. The van der Waals surface area contributed by atoms with E-state index in [4.69, 9.17) is 4.74 Å². The van der Waals surface area contributed by atoms with Gasteiger partial charge in [-0.3, -0.25) is 14.7 Å². The predicted molar refractivity (Wildman–Crippen MR) is 106 cm³/mol. The molecule has 0 saturated carbocycles. The Bertz CT molecular complexity index is 908. The molecule has 0 spiro atoms. The van der Waals surface area contributed by atoms with Crippen LogP contribution in [0.15, 0.2) is 48.5 Å². The number of aliphatic hydroxyl groups is 1. The van der Waals surface area contributed by atoms with Crippen molar-refractivity contribution in [3.05, 3.63) is 64.2 Å². The quantitative estimate of drug-likeness (QED) is 0.499. The number of nitro groups is 1. The zero-order valence-corrected chi connectivity index (χ0v) is 15.9. The first-order chi connectivity index (χ1) is 13.5. The molecule has 2 aliphatic heterocycles. The molecule has 0 aromatic heterocycles. The molecule has 0 amide bonds. The Hall–Kier alpha value is -2.93. The normalized spacial score (nSPS) is 22.0. The molecule has 0 radical (unpaired) electrons. The summed E-state index contributed by atoms with van der Waals surface area (Å²) in [5.41, 5.74) is 0.259. The monoisotopic (exact) mass is 382 g/mol. The van der Waals surface area contributed by atoms with E-state index in [9.17, 15) is 15.2 Å². The average Bonchev–Trinajstić information content (AvgIpc) is 2.84. The molecule has 1 N–H and O–H groups in total. The zero-order chi connectivity index (χ0) is 19.7. The van der Waals surface area contributed by atoms with Crippen LogP contribution in [0.2, 0.25) is 0 Å². The third-order valence-corrected chi connectivity index (χ3v) is 5.60. The van der Waals surface area contributed by atoms with Crippen LogP contribution in [0.3, 0.4) is 0 Å². The van der Waals surface area contributed by atoms with Crippen LogP contribution in [0, 0.1) is 10.1 Å². The zero-order valence-electron chi connectivity index (χ0n) is 15.9. The van der Waals surface area contributed by atoms with Crippen molar-refractivity contribution in [3.63, 3.8) is 0 Å². The van der Waals surface area contributed by atoms with Crippen LogP contribution in [0.25, 0.3) is 0 Å². The molecule has 2 aromatic carbocycles. The van der Waals surface area contributed by atoms with Crippen LogP contribution in [0.4, 0.5) is 11.4 Å². The number of rotatable bonds is 4. The van der Waals surface area contributed by atoms with Gasteiger partial charge in [0, 0.05) is 24.1 Å². The highest BCUT2D eigenvalue weighted by Gasteiger charge is 2.54. The Balaban J connectivity index is 1.79. The van der Waals surface area contributed by atoms with E-state index in [0.29, 0.717) is 12.1 Å². The molecule has 7 heteroatoms. The van der Waals surface area contributed by atoms with Crippen LogP contribution in [0.1, 0.15) is 31.2 Å². The van der Waals surface area contributed by atoms with E-state index in [1.165, 1.54) is 18.6 Å². The van der Waals surface area contributed by atoms with Gasteiger partial charge >= 0.3 is 0 Å². The highest BCUT2D eigenvalue weighted by atomic mass is 16.6. The van der Waals surface area contributed by atoms with Crippen molar-refractivity contribution >= 4 is 17.2 Å². The van der Waals surface area contributed by atoms with Gasteiger partial charge in [-0.05, 0) is 55.7 Å². The van der Waals surface area contributed by atoms with E-state index < -0.39 is 10.6 Å². The minimum Gasteiger partial charge on any atom is -0.497 e. The van der Waals surface area contributed by atoms with E-state index in [2.05, 4.69) is 4.58 Å². The molecule has 0 saturated heterocycles. The summed E-state index contributed by atoms with van der Waals surface area (Å²) in [6.07, 6.45) is 4.23. The van der Waals surface area contributed by atoms with E-state index in [0.717, 1.165) is 43.1 Å². The number of ether oxygens (including phenoxy) is 1. The van der Waals surface area contributed by atoms with Crippen LogP contribution in [-0.2, 0) is 5.72 Å². The van der Waals surface area contributed by atoms with Gasteiger partial charge in [0.25, 0.3) is 17.2 Å². The summed E-state index contributed by atoms with van der Waals surface area (Å²) in [7, 11) is 1.62. The number of hydrogen-bond acceptors (Lipinski definition) is 5. The number of methoxy groups -OCH3 is 1. The number of non-ortho nitro benzene ring substituents is 1. The van der Waals surface area contributed by atoms with Crippen molar-refractivity contribution in [1.82, 2.24) is 0 Å². The Morgan fingerprint density at radius 1 is 1.11 bits per heavy atom. The fraction of sp³-hybridized carbons (Fsp3) is 0.381. The highest BCUT2D eigenvalue weighted by Crippen LogP contribution is 2.38. The summed E-state index contributed by atoms with van der Waals surface area (Å²) < 4.78 is 7.52. The molecule has 1 atom stereocenters. The molecule has 2 aromatic rings. The Morgan fingerprint density at radius 3 is 2.46 bits per heavy atom. The third-order valence-electron chi connectivity index (χ3n) is 5.60. The summed E-state index contributed by atoms with van der Waals surface area (Å²) in [5.74, 6) is 1.85. The summed E-state index contributed by atoms with van der Waals surface area (Å²) in [6, 6.07) is 13.9. The number of anilines is 1. The number of hydrogen-bond donors (Lipinski definition) is 1. The minimum absolute atomic E-state index is 0.0171. The van der Waals surface area contributed by atoms with E-state index in [1.807, 2.05) is 29.2 Å². The molecule has 28 heavy (non-hydrogen) atoms. The van der Waals surface area contributed by atoms with Crippen molar-refractivity contribution in [2.75, 3.05) is 25.1 Å². The standard InChI is InChI=1S/C21H24N3O4/c1-28-19-12-10-17(11-13-19)23-20-5-3-2-4-14-22(20)15-21(23,25)16-6-8-18(9-7-16)24(26)27/h6-13,25H,2-5,14-15H2,1H3/q+1/t21-/m1/s1. The molecule has 0 bridgehead atoms.